The number of nitrogens with two attached hydrogens (primary N) is 1. The number of benzene rings is 2. The van der Waals surface area contributed by atoms with Crippen LogP contribution in [0.4, 0.5) is 13.6 Å². The highest BCUT2D eigenvalue weighted by molar-refractivity contribution is 6.31. The summed E-state index contributed by atoms with van der Waals surface area (Å²) < 4.78 is 33.5. The summed E-state index contributed by atoms with van der Waals surface area (Å²) in [6.45, 7) is 0.986. The molecule has 0 bridgehead atoms. The molecule has 0 atom stereocenters. The van der Waals surface area contributed by atoms with E-state index in [1.165, 1.54) is 17.0 Å². The number of hydrogen-bond donors (Lipinski definition) is 1. The number of aromatic nitrogens is 2. The van der Waals surface area contributed by atoms with E-state index in [9.17, 15) is 18.4 Å². The van der Waals surface area contributed by atoms with E-state index >= 15 is 0 Å². The fourth-order valence-electron chi connectivity index (χ4n) is 3.54. The Morgan fingerprint density at radius 3 is 2.75 bits per heavy atom. The van der Waals surface area contributed by atoms with E-state index in [1.54, 1.807) is 4.90 Å². The van der Waals surface area contributed by atoms with Gasteiger partial charge >= 0.3 is 6.03 Å². The molecule has 10 heteroatoms. The van der Waals surface area contributed by atoms with Crippen LogP contribution in [0.1, 0.15) is 22.3 Å². The number of primary amides is 1. The van der Waals surface area contributed by atoms with Crippen LogP contribution in [0.5, 0.6) is 5.88 Å². The predicted octanol–water partition coefficient (Wildman–Crippen LogP) is 3.24. The van der Waals surface area contributed by atoms with Gasteiger partial charge in [-0.15, -0.1) is 0 Å². The van der Waals surface area contributed by atoms with Crippen molar-refractivity contribution in [2.24, 2.45) is 5.73 Å². The predicted molar refractivity (Wildman–Crippen MR) is 113 cm³/mol. The Balaban J connectivity index is 1.48. The van der Waals surface area contributed by atoms with Crippen LogP contribution in [0.15, 0.2) is 47.5 Å². The van der Waals surface area contributed by atoms with Crippen molar-refractivity contribution >= 4 is 17.6 Å². The summed E-state index contributed by atoms with van der Waals surface area (Å²) in [6.07, 6.45) is 1.98. The Morgan fingerprint density at radius 2 is 2.00 bits per heavy atom. The molecule has 0 unspecified atom stereocenters. The monoisotopic (exact) mass is 460 g/mol. The van der Waals surface area contributed by atoms with Gasteiger partial charge in [-0.2, -0.15) is 0 Å². The van der Waals surface area contributed by atoms with Crippen molar-refractivity contribution in [1.82, 2.24) is 14.5 Å². The molecule has 2 aromatic carbocycles. The van der Waals surface area contributed by atoms with Crippen molar-refractivity contribution in [3.8, 4) is 5.88 Å². The number of rotatable bonds is 5. The molecule has 0 radical (unpaired) electrons. The topological polar surface area (TPSA) is 90.5 Å². The summed E-state index contributed by atoms with van der Waals surface area (Å²) in [5.41, 5.74) is 7.93. The van der Waals surface area contributed by atoms with Crippen LogP contribution in [0.3, 0.4) is 0 Å². The molecule has 0 saturated carbocycles. The van der Waals surface area contributed by atoms with Crippen molar-refractivity contribution in [3.63, 3.8) is 0 Å². The number of halogens is 3. The van der Waals surface area contributed by atoms with Crippen LogP contribution in [-0.4, -0.2) is 27.0 Å². The number of urea groups is 1. The van der Waals surface area contributed by atoms with Gasteiger partial charge in [0.25, 0.3) is 5.56 Å². The second-order valence-electron chi connectivity index (χ2n) is 7.43. The fraction of sp³-hybridized carbons (Fsp3) is 0.227. The van der Waals surface area contributed by atoms with Crippen molar-refractivity contribution in [1.29, 1.82) is 0 Å². The first-order chi connectivity index (χ1) is 15.3. The molecule has 166 valence electrons. The molecule has 1 aliphatic rings. The van der Waals surface area contributed by atoms with Gasteiger partial charge in [-0.3, -0.25) is 9.36 Å². The number of hydrogen-bond acceptors (Lipinski definition) is 4. The second kappa shape index (κ2) is 8.96. The average Bonchev–Trinajstić information content (AvgIpc) is 2.77. The average molecular weight is 461 g/mol. The van der Waals surface area contributed by atoms with E-state index in [4.69, 9.17) is 22.1 Å². The lowest BCUT2D eigenvalue weighted by atomic mass is 9.97. The maximum absolute atomic E-state index is 13.8. The molecule has 32 heavy (non-hydrogen) atoms. The molecular formula is C22H19ClF2N4O3. The molecule has 0 fully saturated rings. The van der Waals surface area contributed by atoms with Gasteiger partial charge < -0.3 is 15.4 Å². The highest BCUT2D eigenvalue weighted by Crippen LogP contribution is 2.22. The Morgan fingerprint density at radius 1 is 1.19 bits per heavy atom. The van der Waals surface area contributed by atoms with E-state index < -0.39 is 23.2 Å². The highest BCUT2D eigenvalue weighted by atomic mass is 35.5. The fourth-order valence-corrected chi connectivity index (χ4v) is 3.75. The lowest BCUT2D eigenvalue weighted by molar-refractivity contribution is 0.202. The number of fused-ring (bicyclic) bond motifs is 1. The highest BCUT2D eigenvalue weighted by Gasteiger charge is 2.19. The van der Waals surface area contributed by atoms with E-state index in [0.717, 1.165) is 28.8 Å². The lowest BCUT2D eigenvalue weighted by Gasteiger charge is -2.27. The lowest BCUT2D eigenvalue weighted by Crippen LogP contribution is -2.39. The third-order valence-electron chi connectivity index (χ3n) is 5.28. The first-order valence-corrected chi connectivity index (χ1v) is 10.2. The van der Waals surface area contributed by atoms with Gasteiger partial charge in [-0.05, 0) is 35.2 Å². The zero-order valence-corrected chi connectivity index (χ0v) is 17.6. The van der Waals surface area contributed by atoms with Crippen LogP contribution >= 0.6 is 11.6 Å². The number of amides is 2. The maximum Gasteiger partial charge on any atom is 0.315 e. The second-order valence-corrected chi connectivity index (χ2v) is 7.81. The van der Waals surface area contributed by atoms with Crippen molar-refractivity contribution < 1.29 is 18.3 Å². The van der Waals surface area contributed by atoms with Crippen molar-refractivity contribution in [2.75, 3.05) is 6.54 Å². The molecule has 1 aliphatic heterocycles. The quantitative estimate of drug-likeness (QED) is 0.633. The Labute approximate surface area is 187 Å². The summed E-state index contributed by atoms with van der Waals surface area (Å²) in [6, 6.07) is 8.42. The standard InChI is InChI=1S/C22H19ClF2N4O3/c23-19-20(32-11-16-3-4-17(24)8-18(16)25)27-12-29(21(19)30)9-13-1-2-15-10-28(22(26)31)6-5-14(15)7-13/h1-4,7-8,12H,5-6,9-11H2,(H2,26,31). The number of ether oxygens (including phenoxy) is 1. The van der Waals surface area contributed by atoms with Crippen LogP contribution in [-0.2, 0) is 26.1 Å². The molecular weight excluding hydrogens is 442 g/mol. The van der Waals surface area contributed by atoms with Gasteiger partial charge in [0.2, 0.25) is 5.88 Å². The smallest absolute Gasteiger partial charge is 0.315 e. The molecule has 2 amide bonds. The zero-order chi connectivity index (χ0) is 22.8. The normalized spacial score (nSPS) is 13.0. The van der Waals surface area contributed by atoms with E-state index in [-0.39, 0.29) is 29.6 Å². The minimum Gasteiger partial charge on any atom is -0.471 e. The minimum atomic E-state index is -0.763. The van der Waals surface area contributed by atoms with Gasteiger partial charge in [0.15, 0.2) is 5.02 Å². The molecule has 0 aliphatic carbocycles. The van der Waals surface area contributed by atoms with Gasteiger partial charge in [-0.25, -0.2) is 18.6 Å². The minimum absolute atomic E-state index is 0.109. The third-order valence-corrected chi connectivity index (χ3v) is 5.60. The van der Waals surface area contributed by atoms with Crippen LogP contribution < -0.4 is 16.0 Å². The van der Waals surface area contributed by atoms with Crippen molar-refractivity contribution in [3.05, 3.63) is 92.0 Å². The Bertz CT molecular complexity index is 1250. The van der Waals surface area contributed by atoms with Crippen molar-refractivity contribution in [2.45, 2.75) is 26.1 Å². The summed E-state index contributed by atoms with van der Waals surface area (Å²) >= 11 is 6.13. The summed E-state index contributed by atoms with van der Waals surface area (Å²) in [5.74, 6) is -1.59. The van der Waals surface area contributed by atoms with Gasteiger partial charge in [0.05, 0.1) is 6.54 Å². The summed E-state index contributed by atoms with van der Waals surface area (Å²) in [5, 5.41) is -0.231. The third kappa shape index (κ3) is 4.57. The molecule has 2 N–H and O–H groups in total. The van der Waals surface area contributed by atoms with Crippen LogP contribution in [0.25, 0.3) is 0 Å². The first kappa shape index (κ1) is 21.8. The van der Waals surface area contributed by atoms with Gasteiger partial charge in [0, 0.05) is 24.7 Å². The number of carbonyl (C=O) groups excluding carboxylic acids is 1. The molecule has 3 aromatic rings. The van der Waals surface area contributed by atoms with Gasteiger partial charge in [-0.1, -0.05) is 29.8 Å². The SMILES string of the molecule is NC(=O)N1CCc2cc(Cn3cnc(OCc4ccc(F)cc4F)c(Cl)c3=O)ccc2C1. The molecule has 7 nitrogen and oxygen atoms in total. The number of carbonyl (C=O) groups is 1. The van der Waals surface area contributed by atoms with Crippen LogP contribution in [0, 0.1) is 11.6 Å². The van der Waals surface area contributed by atoms with E-state index in [1.807, 2.05) is 18.2 Å². The molecule has 0 spiro atoms. The summed E-state index contributed by atoms with van der Waals surface area (Å²) in [4.78, 5) is 29.7. The molecule has 4 rings (SSSR count). The number of nitrogens with zero attached hydrogens (tertiary/aromatic N) is 3. The van der Waals surface area contributed by atoms with Gasteiger partial charge in [0.1, 0.15) is 24.6 Å². The summed E-state index contributed by atoms with van der Waals surface area (Å²) in [7, 11) is 0. The molecule has 0 saturated heterocycles. The van der Waals surface area contributed by atoms with Crippen LogP contribution in [0.2, 0.25) is 5.02 Å². The Hall–Kier alpha value is -3.46. The first-order valence-electron chi connectivity index (χ1n) is 9.78. The maximum atomic E-state index is 13.8. The molecule has 2 heterocycles. The largest absolute Gasteiger partial charge is 0.471 e. The van der Waals surface area contributed by atoms with E-state index in [2.05, 4.69) is 4.98 Å². The zero-order valence-electron chi connectivity index (χ0n) is 16.9. The van der Waals surface area contributed by atoms with E-state index in [0.29, 0.717) is 19.5 Å². The molecule has 1 aromatic heterocycles. The Kier molecular flexibility index (Phi) is 6.09.